The predicted octanol–water partition coefficient (Wildman–Crippen LogP) is 2.85. The summed E-state index contributed by atoms with van der Waals surface area (Å²) >= 11 is 0. The van der Waals surface area contributed by atoms with E-state index < -0.39 is 0 Å². The van der Waals surface area contributed by atoms with Crippen molar-refractivity contribution in [3.63, 3.8) is 0 Å². The Kier molecular flexibility index (Phi) is 7.19. The van der Waals surface area contributed by atoms with Crippen molar-refractivity contribution in [2.24, 2.45) is 0 Å². The zero-order chi connectivity index (χ0) is 21.9. The van der Waals surface area contributed by atoms with Gasteiger partial charge in [0.1, 0.15) is 11.9 Å². The second-order valence-electron chi connectivity index (χ2n) is 8.21. The Balaban J connectivity index is 0.00000259. The van der Waals surface area contributed by atoms with Crippen LogP contribution in [0.3, 0.4) is 0 Å². The first kappa shape index (κ1) is 23.1. The molecule has 0 saturated heterocycles. The third-order valence-corrected chi connectivity index (χ3v) is 6.36. The van der Waals surface area contributed by atoms with Crippen LogP contribution < -0.4 is 31.0 Å². The first-order chi connectivity index (χ1) is 15.8. The van der Waals surface area contributed by atoms with Gasteiger partial charge in [0.05, 0.1) is 20.8 Å². The monoisotopic (exact) mass is 504 g/mol. The zero-order valence-electron chi connectivity index (χ0n) is 19.1. The fourth-order valence-corrected chi connectivity index (χ4v) is 4.74. The van der Waals surface area contributed by atoms with Crippen LogP contribution in [0.1, 0.15) is 25.1 Å². The molecule has 0 fully saturated rings. The molecule has 0 N–H and O–H groups in total. The Morgan fingerprint density at radius 3 is 2.15 bits per heavy atom. The van der Waals surface area contributed by atoms with Crippen LogP contribution >= 0.6 is 0 Å². The molecule has 5 heteroatoms. The van der Waals surface area contributed by atoms with Gasteiger partial charge in [-0.2, -0.15) is 4.57 Å². The van der Waals surface area contributed by atoms with E-state index in [9.17, 15) is 0 Å². The minimum Gasteiger partial charge on any atom is -1.00 e. The van der Waals surface area contributed by atoms with Crippen LogP contribution in [0.2, 0.25) is 0 Å². The van der Waals surface area contributed by atoms with Crippen molar-refractivity contribution < 1.29 is 31.0 Å². The number of methoxy groups -OCH3 is 2. The van der Waals surface area contributed by atoms with Crippen molar-refractivity contribution >= 4 is 0 Å². The van der Waals surface area contributed by atoms with Gasteiger partial charge < -0.3 is 26.5 Å². The molecule has 0 aliphatic carbocycles. The molecule has 2 heterocycles. The average Bonchev–Trinajstić information content (AvgIpc) is 3.04. The van der Waals surface area contributed by atoms with E-state index >= 15 is 0 Å². The number of imidazole rings is 1. The molecule has 5 rings (SSSR count). The van der Waals surface area contributed by atoms with Gasteiger partial charge in [-0.25, -0.2) is 4.57 Å². The van der Waals surface area contributed by atoms with E-state index in [1.807, 2.05) is 24.3 Å². The molecule has 4 nitrogen and oxygen atoms in total. The van der Waals surface area contributed by atoms with E-state index in [-0.39, 0.29) is 17.0 Å². The summed E-state index contributed by atoms with van der Waals surface area (Å²) < 4.78 is 16.1. The summed E-state index contributed by atoms with van der Waals surface area (Å²) in [6.07, 6.45) is 7.03. The second kappa shape index (κ2) is 10.3. The Labute approximate surface area is 206 Å². The Hall–Kier alpha value is -3.05. The van der Waals surface area contributed by atoms with Gasteiger partial charge >= 0.3 is 0 Å². The SMILES string of the molecule is COc1ccccc1-c1ccc(-c2c[n+](-c3ccccc3OC)c3n2CCCCC3)cc1.[Br-]. The highest BCUT2D eigenvalue weighted by Crippen LogP contribution is 2.32. The van der Waals surface area contributed by atoms with Gasteiger partial charge in [0.25, 0.3) is 5.82 Å². The van der Waals surface area contributed by atoms with E-state index in [2.05, 4.69) is 63.9 Å². The van der Waals surface area contributed by atoms with Crippen LogP contribution in [-0.4, -0.2) is 18.8 Å². The molecule has 1 aromatic heterocycles. The molecular weight excluding hydrogens is 476 g/mol. The summed E-state index contributed by atoms with van der Waals surface area (Å²) in [5, 5.41) is 0. The number of rotatable bonds is 5. The number of fused-ring (bicyclic) bond motifs is 1. The zero-order valence-corrected chi connectivity index (χ0v) is 20.7. The van der Waals surface area contributed by atoms with Crippen molar-refractivity contribution in [1.82, 2.24) is 4.57 Å². The predicted molar refractivity (Wildman–Crippen MR) is 127 cm³/mol. The Morgan fingerprint density at radius 1 is 0.727 bits per heavy atom. The van der Waals surface area contributed by atoms with Crippen LogP contribution in [0.25, 0.3) is 28.1 Å². The van der Waals surface area contributed by atoms with Crippen molar-refractivity contribution in [2.45, 2.75) is 32.2 Å². The number of hydrogen-bond acceptors (Lipinski definition) is 2. The minimum absolute atomic E-state index is 0. The van der Waals surface area contributed by atoms with Gasteiger partial charge in [-0.1, -0.05) is 42.5 Å². The number of hydrogen-bond donors (Lipinski definition) is 0. The molecule has 1 aliphatic rings. The second-order valence-corrected chi connectivity index (χ2v) is 8.21. The standard InChI is InChI=1S/C28H29N2O2.BrH/c1-31-26-12-7-5-10-23(26)21-15-17-22(18-16-21)25-20-30(24-11-6-8-13-27(24)32-2)28-14-4-3-9-19-29(25)28;/h5-8,10-13,15-18,20H,3-4,9,14,19H2,1-2H3;1H/q+1;/p-1. The molecule has 0 unspecified atom stereocenters. The largest absolute Gasteiger partial charge is 1.00 e. The molecule has 0 radical (unpaired) electrons. The molecule has 4 aromatic rings. The lowest BCUT2D eigenvalue weighted by Gasteiger charge is -2.09. The van der Waals surface area contributed by atoms with E-state index in [4.69, 9.17) is 9.47 Å². The van der Waals surface area contributed by atoms with E-state index in [0.29, 0.717) is 0 Å². The number of nitrogens with zero attached hydrogens (tertiary/aromatic N) is 2. The summed E-state index contributed by atoms with van der Waals surface area (Å²) in [5.74, 6) is 3.13. The van der Waals surface area contributed by atoms with Crippen LogP contribution in [0.4, 0.5) is 0 Å². The smallest absolute Gasteiger partial charge is 0.262 e. The molecular formula is C28H29BrN2O2. The first-order valence-corrected chi connectivity index (χ1v) is 11.3. The quantitative estimate of drug-likeness (QED) is 0.391. The summed E-state index contributed by atoms with van der Waals surface area (Å²) in [6.45, 7) is 1.04. The topological polar surface area (TPSA) is 27.3 Å². The van der Waals surface area contributed by atoms with Crippen molar-refractivity contribution in [2.75, 3.05) is 14.2 Å². The van der Waals surface area contributed by atoms with Gasteiger partial charge in [0, 0.05) is 17.5 Å². The lowest BCUT2D eigenvalue weighted by molar-refractivity contribution is -0.604. The van der Waals surface area contributed by atoms with Crippen LogP contribution in [0, 0.1) is 0 Å². The first-order valence-electron chi connectivity index (χ1n) is 11.3. The molecule has 0 bridgehead atoms. The van der Waals surface area contributed by atoms with Crippen LogP contribution in [-0.2, 0) is 13.0 Å². The van der Waals surface area contributed by atoms with E-state index in [0.717, 1.165) is 41.3 Å². The molecule has 1 aliphatic heterocycles. The fraction of sp³-hybridized carbons (Fsp3) is 0.250. The van der Waals surface area contributed by atoms with Crippen LogP contribution in [0.5, 0.6) is 11.5 Å². The van der Waals surface area contributed by atoms with Crippen LogP contribution in [0.15, 0.2) is 79.0 Å². The molecule has 33 heavy (non-hydrogen) atoms. The lowest BCUT2D eigenvalue weighted by atomic mass is 10.0. The Bertz CT molecular complexity index is 1230. The minimum atomic E-state index is 0. The number of benzene rings is 3. The normalized spacial score (nSPS) is 12.9. The molecule has 3 aromatic carbocycles. The molecule has 0 saturated carbocycles. The molecule has 0 spiro atoms. The maximum atomic E-state index is 5.68. The highest BCUT2D eigenvalue weighted by molar-refractivity contribution is 5.73. The molecule has 0 amide bonds. The van der Waals surface area contributed by atoms with Crippen molar-refractivity contribution in [1.29, 1.82) is 0 Å². The summed E-state index contributed by atoms with van der Waals surface area (Å²) in [7, 11) is 3.46. The third-order valence-electron chi connectivity index (χ3n) is 6.36. The summed E-state index contributed by atoms with van der Waals surface area (Å²) in [4.78, 5) is 0. The number of aromatic nitrogens is 2. The maximum absolute atomic E-state index is 5.68. The van der Waals surface area contributed by atoms with Gasteiger partial charge in [-0.3, -0.25) is 0 Å². The number of para-hydroxylation sites is 3. The van der Waals surface area contributed by atoms with Gasteiger partial charge in [-0.15, -0.1) is 0 Å². The highest BCUT2D eigenvalue weighted by Gasteiger charge is 2.28. The Morgan fingerprint density at radius 2 is 1.39 bits per heavy atom. The van der Waals surface area contributed by atoms with Crippen molar-refractivity contribution in [3.8, 4) is 39.6 Å². The summed E-state index contributed by atoms with van der Waals surface area (Å²) in [5.41, 5.74) is 5.84. The van der Waals surface area contributed by atoms with Gasteiger partial charge in [0.15, 0.2) is 17.1 Å². The van der Waals surface area contributed by atoms with Gasteiger partial charge in [-0.05, 0) is 55.2 Å². The van der Waals surface area contributed by atoms with Crippen molar-refractivity contribution in [3.05, 3.63) is 84.8 Å². The lowest BCUT2D eigenvalue weighted by Crippen LogP contribution is -3.00. The van der Waals surface area contributed by atoms with E-state index in [1.54, 1.807) is 14.2 Å². The molecule has 170 valence electrons. The third kappa shape index (κ3) is 4.42. The van der Waals surface area contributed by atoms with Gasteiger partial charge in [0.2, 0.25) is 0 Å². The number of halogens is 1. The highest BCUT2D eigenvalue weighted by atomic mass is 79.9. The van der Waals surface area contributed by atoms with E-state index in [1.165, 1.54) is 36.3 Å². The average molecular weight is 505 g/mol. The molecule has 0 atom stereocenters. The summed E-state index contributed by atoms with van der Waals surface area (Å²) in [6, 6.07) is 25.3. The number of ether oxygens (including phenoxy) is 2. The fourth-order valence-electron chi connectivity index (χ4n) is 4.74. The maximum Gasteiger partial charge on any atom is 0.262 e.